The first-order valence-electron chi connectivity index (χ1n) is 6.44. The van der Waals surface area contributed by atoms with Gasteiger partial charge >= 0.3 is 0 Å². The first kappa shape index (κ1) is 10.8. The highest BCUT2D eigenvalue weighted by Crippen LogP contribution is 2.30. The molecule has 2 heterocycles. The maximum Gasteiger partial charge on any atom is 0.237 e. The molecule has 1 saturated heterocycles. The summed E-state index contributed by atoms with van der Waals surface area (Å²) in [5.41, 5.74) is 1.17. The predicted octanol–water partition coefficient (Wildman–Crippen LogP) is 1.53. The summed E-state index contributed by atoms with van der Waals surface area (Å²) >= 11 is 0. The fraction of sp³-hybridized carbons (Fsp3) is 0.615. The minimum Gasteiger partial charge on any atom is -0.469 e. The maximum atomic E-state index is 12.0. The normalized spacial score (nSPS) is 27.8. The van der Waals surface area contributed by atoms with Gasteiger partial charge in [0.25, 0.3) is 0 Å². The Morgan fingerprint density at radius 3 is 3.18 bits per heavy atom. The van der Waals surface area contributed by atoms with Crippen LogP contribution >= 0.6 is 0 Å². The Morgan fingerprint density at radius 1 is 1.41 bits per heavy atom. The van der Waals surface area contributed by atoms with Gasteiger partial charge in [0.15, 0.2) is 0 Å². The van der Waals surface area contributed by atoms with Crippen molar-refractivity contribution in [1.29, 1.82) is 0 Å². The van der Waals surface area contributed by atoms with E-state index in [-0.39, 0.29) is 18.0 Å². The third-order valence-electron chi connectivity index (χ3n) is 3.75. The summed E-state index contributed by atoms with van der Waals surface area (Å²) in [5.74, 6) is 1.18. The molecule has 1 amide bonds. The molecule has 4 nitrogen and oxygen atoms in total. The third kappa shape index (κ3) is 2.09. The molecule has 3 rings (SSSR count). The summed E-state index contributed by atoms with van der Waals surface area (Å²) in [6, 6.07) is 2.14. The van der Waals surface area contributed by atoms with Gasteiger partial charge in [0.05, 0.1) is 18.3 Å². The second-order valence-electron chi connectivity index (χ2n) is 4.90. The first-order valence-corrected chi connectivity index (χ1v) is 6.44. The quantitative estimate of drug-likeness (QED) is 0.816. The number of nitrogens with one attached hydrogen (secondary N) is 2. The van der Waals surface area contributed by atoms with Gasteiger partial charge in [-0.15, -0.1) is 0 Å². The Bertz CT molecular complexity index is 407. The van der Waals surface area contributed by atoms with Gasteiger partial charge in [-0.3, -0.25) is 4.79 Å². The average Bonchev–Trinajstić information content (AvgIpc) is 3.00. The van der Waals surface area contributed by atoms with Crippen LogP contribution in [0.3, 0.4) is 0 Å². The minimum absolute atomic E-state index is 0.00674. The topological polar surface area (TPSA) is 54.3 Å². The Kier molecular flexibility index (Phi) is 2.89. The molecule has 1 aliphatic carbocycles. The van der Waals surface area contributed by atoms with E-state index in [1.54, 1.807) is 6.26 Å². The van der Waals surface area contributed by atoms with Gasteiger partial charge < -0.3 is 15.1 Å². The van der Waals surface area contributed by atoms with Gasteiger partial charge in [0, 0.05) is 12.0 Å². The molecule has 0 bridgehead atoms. The summed E-state index contributed by atoms with van der Waals surface area (Å²) in [4.78, 5) is 12.0. The molecule has 4 heteroatoms. The van der Waals surface area contributed by atoms with Crippen molar-refractivity contribution in [1.82, 2.24) is 10.6 Å². The number of hydrogen-bond donors (Lipinski definition) is 2. The summed E-state index contributed by atoms with van der Waals surface area (Å²) in [6.07, 6.45) is 6.88. The number of furan rings is 1. The van der Waals surface area contributed by atoms with E-state index in [0.29, 0.717) is 0 Å². The predicted molar refractivity (Wildman–Crippen MR) is 63.6 cm³/mol. The molecule has 0 radical (unpaired) electrons. The summed E-state index contributed by atoms with van der Waals surface area (Å²) in [7, 11) is 0. The molecule has 17 heavy (non-hydrogen) atoms. The number of hydrogen-bond acceptors (Lipinski definition) is 3. The second kappa shape index (κ2) is 4.53. The van der Waals surface area contributed by atoms with Crippen molar-refractivity contribution in [2.45, 2.75) is 44.2 Å². The van der Waals surface area contributed by atoms with Crippen molar-refractivity contribution >= 4 is 5.91 Å². The number of aryl methyl sites for hydroxylation is 1. The van der Waals surface area contributed by atoms with E-state index in [1.807, 2.05) is 6.07 Å². The fourth-order valence-electron chi connectivity index (χ4n) is 2.82. The van der Waals surface area contributed by atoms with Crippen molar-refractivity contribution < 1.29 is 9.21 Å². The molecule has 0 spiro atoms. The molecule has 0 aromatic carbocycles. The lowest BCUT2D eigenvalue weighted by atomic mass is 9.93. The summed E-state index contributed by atoms with van der Waals surface area (Å²) in [5, 5.41) is 6.37. The van der Waals surface area contributed by atoms with Crippen molar-refractivity contribution in [2.24, 2.45) is 0 Å². The average molecular weight is 234 g/mol. The molecule has 1 aromatic heterocycles. The van der Waals surface area contributed by atoms with Gasteiger partial charge in [-0.1, -0.05) is 0 Å². The Hall–Kier alpha value is -1.29. The second-order valence-corrected chi connectivity index (χ2v) is 4.90. The van der Waals surface area contributed by atoms with Crippen LogP contribution in [0, 0.1) is 0 Å². The molecule has 0 saturated carbocycles. The monoisotopic (exact) mass is 234 g/mol. The minimum atomic E-state index is 0.00674. The SMILES string of the molecule is O=C(NC1CCCc2occc21)C1CCCN1. The fourth-order valence-corrected chi connectivity index (χ4v) is 2.82. The zero-order valence-corrected chi connectivity index (χ0v) is 9.87. The number of carbonyl (C=O) groups excluding carboxylic acids is 1. The van der Waals surface area contributed by atoms with Crippen LogP contribution in [0.15, 0.2) is 16.7 Å². The molecular formula is C13H18N2O2. The van der Waals surface area contributed by atoms with Crippen LogP contribution in [-0.2, 0) is 11.2 Å². The zero-order valence-electron chi connectivity index (χ0n) is 9.87. The highest BCUT2D eigenvalue weighted by Gasteiger charge is 2.28. The van der Waals surface area contributed by atoms with E-state index in [9.17, 15) is 4.79 Å². The molecule has 2 atom stereocenters. The van der Waals surface area contributed by atoms with E-state index >= 15 is 0 Å². The largest absolute Gasteiger partial charge is 0.469 e. The van der Waals surface area contributed by atoms with Crippen LogP contribution in [0.1, 0.15) is 43.0 Å². The van der Waals surface area contributed by atoms with Crippen molar-refractivity contribution in [2.75, 3.05) is 6.54 Å². The number of carbonyl (C=O) groups is 1. The van der Waals surface area contributed by atoms with Crippen LogP contribution in [0.25, 0.3) is 0 Å². The smallest absolute Gasteiger partial charge is 0.237 e. The summed E-state index contributed by atoms with van der Waals surface area (Å²) < 4.78 is 5.43. The lowest BCUT2D eigenvalue weighted by molar-refractivity contribution is -0.123. The molecule has 1 aliphatic heterocycles. The van der Waals surface area contributed by atoms with E-state index in [4.69, 9.17) is 4.42 Å². The van der Waals surface area contributed by atoms with Crippen LogP contribution in [0.4, 0.5) is 0 Å². The lowest BCUT2D eigenvalue weighted by Gasteiger charge is -2.24. The van der Waals surface area contributed by atoms with E-state index < -0.39 is 0 Å². The molecule has 2 N–H and O–H groups in total. The van der Waals surface area contributed by atoms with Gasteiger partial charge in [-0.05, 0) is 38.3 Å². The third-order valence-corrected chi connectivity index (χ3v) is 3.75. The van der Waals surface area contributed by atoms with E-state index in [1.165, 1.54) is 5.56 Å². The number of fused-ring (bicyclic) bond motifs is 1. The standard InChI is InChI=1S/C13H18N2O2/c16-13(11-4-2-7-14-11)15-10-3-1-5-12-9(10)6-8-17-12/h6,8,10-11,14H,1-5,7H2,(H,15,16). The van der Waals surface area contributed by atoms with Crippen molar-refractivity contribution in [3.8, 4) is 0 Å². The molecular weight excluding hydrogens is 216 g/mol. The van der Waals surface area contributed by atoms with Crippen LogP contribution in [0.5, 0.6) is 0 Å². The zero-order chi connectivity index (χ0) is 11.7. The molecule has 2 unspecified atom stereocenters. The first-order chi connectivity index (χ1) is 8.34. The van der Waals surface area contributed by atoms with Gasteiger partial charge in [-0.2, -0.15) is 0 Å². The summed E-state index contributed by atoms with van der Waals surface area (Å²) in [6.45, 7) is 0.958. The van der Waals surface area contributed by atoms with Crippen LogP contribution < -0.4 is 10.6 Å². The lowest BCUT2D eigenvalue weighted by Crippen LogP contribution is -2.42. The Morgan fingerprint density at radius 2 is 2.35 bits per heavy atom. The van der Waals surface area contributed by atoms with Crippen LogP contribution in [0.2, 0.25) is 0 Å². The van der Waals surface area contributed by atoms with Gasteiger partial charge in [-0.25, -0.2) is 0 Å². The van der Waals surface area contributed by atoms with Crippen molar-refractivity contribution in [3.63, 3.8) is 0 Å². The van der Waals surface area contributed by atoms with Gasteiger partial charge in [0.1, 0.15) is 5.76 Å². The molecule has 2 aliphatic rings. The van der Waals surface area contributed by atoms with Crippen LogP contribution in [-0.4, -0.2) is 18.5 Å². The molecule has 92 valence electrons. The Labute approximate surface area is 101 Å². The molecule has 1 fully saturated rings. The number of rotatable bonds is 2. The van der Waals surface area contributed by atoms with Gasteiger partial charge in [0.2, 0.25) is 5.91 Å². The van der Waals surface area contributed by atoms with E-state index in [0.717, 1.165) is 44.4 Å². The Balaban J connectivity index is 1.68. The maximum absolute atomic E-state index is 12.0. The highest BCUT2D eigenvalue weighted by atomic mass is 16.3. The number of amides is 1. The van der Waals surface area contributed by atoms with Crippen molar-refractivity contribution in [3.05, 3.63) is 23.7 Å². The molecule has 1 aromatic rings. The van der Waals surface area contributed by atoms with E-state index in [2.05, 4.69) is 10.6 Å². The highest BCUT2D eigenvalue weighted by molar-refractivity contribution is 5.82.